The molecule has 0 radical (unpaired) electrons. The Hall–Kier alpha value is -1.86. The molecule has 0 heterocycles. The van der Waals surface area contributed by atoms with Gasteiger partial charge >= 0.3 is 0 Å². The van der Waals surface area contributed by atoms with Crippen LogP contribution in [0.3, 0.4) is 0 Å². The van der Waals surface area contributed by atoms with Gasteiger partial charge in [0.2, 0.25) is 0 Å². The van der Waals surface area contributed by atoms with Crippen molar-refractivity contribution < 1.29 is 22.5 Å². The smallest absolute Gasteiger partial charge is 0.175 e. The van der Waals surface area contributed by atoms with E-state index in [2.05, 4.69) is 0 Å². The number of ether oxygens (including phenoxy) is 1. The molecule has 0 aliphatic rings. The van der Waals surface area contributed by atoms with E-state index in [1.807, 2.05) is 0 Å². The van der Waals surface area contributed by atoms with Crippen LogP contribution in [0.15, 0.2) is 58.3 Å². The van der Waals surface area contributed by atoms with E-state index in [-0.39, 0.29) is 17.3 Å². The summed E-state index contributed by atoms with van der Waals surface area (Å²) in [5.41, 5.74) is 0. The van der Waals surface area contributed by atoms with E-state index in [1.54, 1.807) is 24.3 Å². The van der Waals surface area contributed by atoms with Crippen LogP contribution < -0.4 is 4.74 Å². The predicted molar refractivity (Wildman–Crippen MR) is 84.4 cm³/mol. The molecular formula is C15H16O5S2. The summed E-state index contributed by atoms with van der Waals surface area (Å²) in [6.45, 7) is 0.242. The minimum Gasteiger partial charge on any atom is -0.508 e. The third kappa shape index (κ3) is 4.57. The van der Waals surface area contributed by atoms with Gasteiger partial charge in [0.05, 0.1) is 21.4 Å². The Balaban J connectivity index is 1.88. The molecule has 0 saturated carbocycles. The Bertz CT molecular complexity index is 750. The highest BCUT2D eigenvalue weighted by Gasteiger charge is 2.07. The van der Waals surface area contributed by atoms with Gasteiger partial charge in [-0.3, -0.25) is 4.21 Å². The molecule has 1 N–H and O–H groups in total. The van der Waals surface area contributed by atoms with E-state index in [9.17, 15) is 17.7 Å². The summed E-state index contributed by atoms with van der Waals surface area (Å²) in [6, 6.07) is 12.3. The minimum absolute atomic E-state index is 0.128. The summed E-state index contributed by atoms with van der Waals surface area (Å²) >= 11 is 0. The van der Waals surface area contributed by atoms with Crippen molar-refractivity contribution in [3.63, 3.8) is 0 Å². The van der Waals surface area contributed by atoms with Crippen LogP contribution in [0.4, 0.5) is 0 Å². The second-order valence-corrected chi connectivity index (χ2v) is 8.22. The molecule has 2 rings (SSSR count). The highest BCUT2D eigenvalue weighted by molar-refractivity contribution is 7.90. The number of phenolic OH excluding ortho intramolecular Hbond substituents is 1. The molecule has 1 atom stereocenters. The van der Waals surface area contributed by atoms with Gasteiger partial charge in [0.25, 0.3) is 0 Å². The van der Waals surface area contributed by atoms with Crippen molar-refractivity contribution in [2.45, 2.75) is 9.79 Å². The average molecular weight is 340 g/mol. The molecule has 2 aromatic carbocycles. The van der Waals surface area contributed by atoms with Crippen LogP contribution in [0.5, 0.6) is 11.5 Å². The lowest BCUT2D eigenvalue weighted by Gasteiger charge is -2.07. The number of hydrogen-bond acceptors (Lipinski definition) is 5. The van der Waals surface area contributed by atoms with Crippen molar-refractivity contribution >= 4 is 20.6 Å². The second-order valence-electron chi connectivity index (χ2n) is 4.64. The number of rotatable bonds is 6. The zero-order valence-electron chi connectivity index (χ0n) is 11.9. The van der Waals surface area contributed by atoms with Gasteiger partial charge in [-0.25, -0.2) is 8.42 Å². The first-order valence-corrected chi connectivity index (χ1v) is 9.67. The third-order valence-corrected chi connectivity index (χ3v) is 5.35. The molecule has 0 amide bonds. The van der Waals surface area contributed by atoms with E-state index >= 15 is 0 Å². The molecule has 0 aliphatic heterocycles. The Kier molecular flexibility index (Phi) is 5.20. The lowest BCUT2D eigenvalue weighted by Crippen LogP contribution is -2.08. The van der Waals surface area contributed by atoms with Crippen LogP contribution in [-0.2, 0) is 20.6 Å². The quantitative estimate of drug-likeness (QED) is 0.870. The topological polar surface area (TPSA) is 80.7 Å². The fourth-order valence-corrected chi connectivity index (χ4v) is 3.27. The van der Waals surface area contributed by atoms with Gasteiger partial charge in [-0.05, 0) is 48.5 Å². The summed E-state index contributed by atoms with van der Waals surface area (Å²) in [7, 11) is -4.43. The molecule has 7 heteroatoms. The van der Waals surface area contributed by atoms with Crippen LogP contribution in [0.25, 0.3) is 0 Å². The Morgan fingerprint density at radius 3 is 2.18 bits per heavy atom. The molecule has 0 saturated heterocycles. The molecule has 0 aliphatic carbocycles. The standard InChI is InChI=1S/C15H16O5S2/c1-22(18,19)15-8-4-13(5-9-15)20-10-11-21(17)14-6-2-12(16)3-7-14/h2-9,16H,10-11H2,1H3. The van der Waals surface area contributed by atoms with Gasteiger partial charge in [-0.15, -0.1) is 0 Å². The molecule has 22 heavy (non-hydrogen) atoms. The first kappa shape index (κ1) is 16.5. The summed E-state index contributed by atoms with van der Waals surface area (Å²) in [5.74, 6) is 0.955. The summed E-state index contributed by atoms with van der Waals surface area (Å²) in [5, 5.41) is 9.18. The molecule has 118 valence electrons. The molecule has 1 unspecified atom stereocenters. The minimum atomic E-state index is -3.22. The van der Waals surface area contributed by atoms with Gasteiger partial charge in [0, 0.05) is 11.2 Å². The molecule has 0 spiro atoms. The number of sulfone groups is 1. The van der Waals surface area contributed by atoms with Crippen molar-refractivity contribution in [3.05, 3.63) is 48.5 Å². The molecule has 0 aromatic heterocycles. The fraction of sp³-hybridized carbons (Fsp3) is 0.200. The van der Waals surface area contributed by atoms with Crippen molar-refractivity contribution in [3.8, 4) is 11.5 Å². The molecule has 0 bridgehead atoms. The van der Waals surface area contributed by atoms with Crippen LogP contribution in [0.1, 0.15) is 0 Å². The second kappa shape index (κ2) is 6.93. The Morgan fingerprint density at radius 2 is 1.64 bits per heavy atom. The number of phenols is 1. The Morgan fingerprint density at radius 1 is 1.05 bits per heavy atom. The van der Waals surface area contributed by atoms with E-state index in [4.69, 9.17) is 4.74 Å². The summed E-state index contributed by atoms with van der Waals surface area (Å²) in [4.78, 5) is 0.848. The number of aromatic hydroxyl groups is 1. The van der Waals surface area contributed by atoms with Crippen LogP contribution in [-0.4, -0.2) is 36.3 Å². The van der Waals surface area contributed by atoms with E-state index in [0.29, 0.717) is 16.4 Å². The van der Waals surface area contributed by atoms with Crippen molar-refractivity contribution in [1.29, 1.82) is 0 Å². The first-order valence-electron chi connectivity index (χ1n) is 6.46. The van der Waals surface area contributed by atoms with Gasteiger partial charge in [0.1, 0.15) is 18.1 Å². The number of hydrogen-bond donors (Lipinski definition) is 1. The first-order chi connectivity index (χ1) is 10.4. The van der Waals surface area contributed by atoms with Crippen molar-refractivity contribution in [2.75, 3.05) is 18.6 Å². The maximum atomic E-state index is 12.0. The average Bonchev–Trinajstić information content (AvgIpc) is 2.47. The molecular weight excluding hydrogens is 324 g/mol. The van der Waals surface area contributed by atoms with E-state index in [1.165, 1.54) is 24.3 Å². The van der Waals surface area contributed by atoms with Crippen LogP contribution in [0, 0.1) is 0 Å². The zero-order valence-corrected chi connectivity index (χ0v) is 13.6. The van der Waals surface area contributed by atoms with Gasteiger partial charge in [-0.2, -0.15) is 0 Å². The monoisotopic (exact) mass is 340 g/mol. The molecule has 5 nitrogen and oxygen atoms in total. The normalized spacial score (nSPS) is 12.8. The third-order valence-electron chi connectivity index (χ3n) is 2.89. The van der Waals surface area contributed by atoms with Crippen LogP contribution >= 0.6 is 0 Å². The maximum absolute atomic E-state index is 12.0. The fourth-order valence-electron chi connectivity index (χ4n) is 1.73. The number of benzene rings is 2. The van der Waals surface area contributed by atoms with Crippen molar-refractivity contribution in [1.82, 2.24) is 0 Å². The SMILES string of the molecule is CS(=O)(=O)c1ccc(OCCS(=O)c2ccc(O)cc2)cc1. The van der Waals surface area contributed by atoms with Gasteiger partial charge in [0.15, 0.2) is 9.84 Å². The van der Waals surface area contributed by atoms with Gasteiger partial charge < -0.3 is 9.84 Å². The van der Waals surface area contributed by atoms with Gasteiger partial charge in [-0.1, -0.05) is 0 Å². The highest BCUT2D eigenvalue weighted by atomic mass is 32.2. The highest BCUT2D eigenvalue weighted by Crippen LogP contribution is 2.16. The van der Waals surface area contributed by atoms with Crippen molar-refractivity contribution in [2.24, 2.45) is 0 Å². The zero-order chi connectivity index (χ0) is 16.2. The molecule has 0 fully saturated rings. The lowest BCUT2D eigenvalue weighted by atomic mass is 10.3. The Labute approximate surface area is 131 Å². The van der Waals surface area contributed by atoms with Crippen LogP contribution in [0.2, 0.25) is 0 Å². The largest absolute Gasteiger partial charge is 0.508 e. The van der Waals surface area contributed by atoms with E-state index < -0.39 is 20.6 Å². The predicted octanol–water partition coefficient (Wildman–Crippen LogP) is 1.98. The summed E-state index contributed by atoms with van der Waals surface area (Å²) < 4.78 is 40.1. The molecule has 2 aromatic rings. The summed E-state index contributed by atoms with van der Waals surface area (Å²) in [6.07, 6.45) is 1.14. The van der Waals surface area contributed by atoms with E-state index in [0.717, 1.165) is 6.26 Å². The lowest BCUT2D eigenvalue weighted by molar-refractivity contribution is 0.342. The maximum Gasteiger partial charge on any atom is 0.175 e.